The van der Waals surface area contributed by atoms with E-state index in [1.807, 2.05) is 6.20 Å². The maximum absolute atomic E-state index is 12.7. The summed E-state index contributed by atoms with van der Waals surface area (Å²) in [6, 6.07) is -0.147. The number of nitrogens with one attached hydrogen (secondary N) is 2. The monoisotopic (exact) mass is 462 g/mol. The molecule has 2 N–H and O–H groups in total. The van der Waals surface area contributed by atoms with Gasteiger partial charge in [0.1, 0.15) is 12.5 Å². The SMILES string of the molecule is COCOCc1cnc(N2CC[C@@H](NC(=O)c3[nH]c(C)c(Cl)c3Cl)C(OC)C2)s1. The predicted molar refractivity (Wildman–Crippen MR) is 113 cm³/mol. The molecular weight excluding hydrogens is 439 g/mol. The van der Waals surface area contributed by atoms with Gasteiger partial charge in [-0.05, 0) is 13.3 Å². The molecule has 1 saturated heterocycles. The molecule has 11 heteroatoms. The number of hydrogen-bond acceptors (Lipinski definition) is 7. The second kappa shape index (κ2) is 10.1. The van der Waals surface area contributed by atoms with Crippen LogP contribution in [0.3, 0.4) is 0 Å². The highest BCUT2D eigenvalue weighted by Crippen LogP contribution is 2.30. The zero-order chi connectivity index (χ0) is 21.0. The normalized spacial score (nSPS) is 19.6. The van der Waals surface area contributed by atoms with E-state index in [4.69, 9.17) is 37.4 Å². The third kappa shape index (κ3) is 5.22. The van der Waals surface area contributed by atoms with Gasteiger partial charge in [-0.25, -0.2) is 4.98 Å². The Hall–Kier alpha value is -1.36. The van der Waals surface area contributed by atoms with E-state index in [0.29, 0.717) is 30.3 Å². The standard InChI is InChI=1S/C18H24Cl2N4O4S/c1-10-14(19)15(20)16(22-10)17(25)23-12-4-5-24(7-13(12)27-3)18-21-6-11(29-18)8-28-9-26-2/h6,12-13,22H,4-5,7-9H2,1-3H3,(H,23,25)/t12-,13?/m1/s1. The minimum atomic E-state index is -0.294. The summed E-state index contributed by atoms with van der Waals surface area (Å²) in [5.41, 5.74) is 0.932. The van der Waals surface area contributed by atoms with Gasteiger partial charge in [0.05, 0.1) is 33.7 Å². The summed E-state index contributed by atoms with van der Waals surface area (Å²) in [5, 5.41) is 4.52. The number of piperidine rings is 1. The summed E-state index contributed by atoms with van der Waals surface area (Å²) in [6.45, 7) is 3.84. The minimum Gasteiger partial charge on any atom is -0.377 e. The Morgan fingerprint density at radius 1 is 1.41 bits per heavy atom. The van der Waals surface area contributed by atoms with E-state index in [-0.39, 0.29) is 35.6 Å². The first-order valence-electron chi connectivity index (χ1n) is 9.08. The van der Waals surface area contributed by atoms with Crippen LogP contribution in [-0.2, 0) is 20.8 Å². The van der Waals surface area contributed by atoms with Gasteiger partial charge in [0.2, 0.25) is 0 Å². The van der Waals surface area contributed by atoms with Crippen molar-refractivity contribution < 1.29 is 19.0 Å². The Labute approximate surface area is 183 Å². The Balaban J connectivity index is 1.60. The topological polar surface area (TPSA) is 88.7 Å². The Morgan fingerprint density at radius 3 is 2.86 bits per heavy atom. The third-order valence-corrected chi connectivity index (χ3v) is 6.70. The quantitative estimate of drug-likeness (QED) is 0.462. The van der Waals surface area contributed by atoms with Crippen molar-refractivity contribution in [1.29, 1.82) is 0 Å². The van der Waals surface area contributed by atoms with Crippen LogP contribution in [0.5, 0.6) is 0 Å². The maximum Gasteiger partial charge on any atom is 0.269 e. The van der Waals surface area contributed by atoms with Crippen LogP contribution in [0.1, 0.15) is 27.5 Å². The van der Waals surface area contributed by atoms with Crippen LogP contribution in [0.2, 0.25) is 10.0 Å². The Morgan fingerprint density at radius 2 is 2.21 bits per heavy atom. The summed E-state index contributed by atoms with van der Waals surface area (Å²) < 4.78 is 15.9. The summed E-state index contributed by atoms with van der Waals surface area (Å²) in [4.78, 5) is 23.3. The van der Waals surface area contributed by atoms with Crippen molar-refractivity contribution in [3.05, 3.63) is 32.5 Å². The fourth-order valence-electron chi connectivity index (χ4n) is 3.20. The minimum absolute atomic E-state index is 0.147. The number of halogens is 2. The molecule has 2 aromatic rings. The highest BCUT2D eigenvalue weighted by Gasteiger charge is 2.32. The summed E-state index contributed by atoms with van der Waals surface area (Å²) in [5.74, 6) is -0.294. The van der Waals surface area contributed by atoms with Crippen molar-refractivity contribution in [2.24, 2.45) is 0 Å². The zero-order valence-corrected chi connectivity index (χ0v) is 18.8. The average molecular weight is 463 g/mol. The first kappa shape index (κ1) is 22.3. The fourth-order valence-corrected chi connectivity index (χ4v) is 4.50. The van der Waals surface area contributed by atoms with Crippen LogP contribution in [0.25, 0.3) is 0 Å². The zero-order valence-electron chi connectivity index (χ0n) is 16.5. The first-order chi connectivity index (χ1) is 13.9. The molecule has 160 valence electrons. The van der Waals surface area contributed by atoms with E-state index in [0.717, 1.165) is 16.6 Å². The molecule has 3 rings (SSSR count). The molecule has 8 nitrogen and oxygen atoms in total. The van der Waals surface area contributed by atoms with E-state index >= 15 is 0 Å². The van der Waals surface area contributed by atoms with Crippen LogP contribution in [0, 0.1) is 6.92 Å². The van der Waals surface area contributed by atoms with E-state index < -0.39 is 0 Å². The Kier molecular flexibility index (Phi) is 7.78. The fraction of sp³-hybridized carbons (Fsp3) is 0.556. The molecule has 2 aromatic heterocycles. The van der Waals surface area contributed by atoms with Crippen molar-refractivity contribution in [2.45, 2.75) is 32.1 Å². The van der Waals surface area contributed by atoms with Crippen molar-refractivity contribution in [3.8, 4) is 0 Å². The van der Waals surface area contributed by atoms with Gasteiger partial charge < -0.3 is 29.4 Å². The Bertz CT molecular complexity index is 844. The van der Waals surface area contributed by atoms with Crippen molar-refractivity contribution in [3.63, 3.8) is 0 Å². The molecule has 1 fully saturated rings. The number of anilines is 1. The molecule has 0 saturated carbocycles. The lowest BCUT2D eigenvalue weighted by Gasteiger charge is -2.37. The van der Waals surface area contributed by atoms with Crippen molar-refractivity contribution in [2.75, 3.05) is 39.0 Å². The summed E-state index contributed by atoms with van der Waals surface area (Å²) in [7, 11) is 3.23. The molecular formula is C18H24Cl2N4O4S. The molecule has 0 radical (unpaired) electrons. The number of rotatable bonds is 8. The second-order valence-electron chi connectivity index (χ2n) is 6.71. The van der Waals surface area contributed by atoms with Crippen molar-refractivity contribution in [1.82, 2.24) is 15.3 Å². The number of ether oxygens (including phenoxy) is 3. The number of amides is 1. The number of aryl methyl sites for hydroxylation is 1. The van der Waals surface area contributed by atoms with Crippen LogP contribution in [0.4, 0.5) is 5.13 Å². The third-order valence-electron chi connectivity index (χ3n) is 4.72. The molecule has 29 heavy (non-hydrogen) atoms. The number of nitrogens with zero attached hydrogens (tertiary/aromatic N) is 2. The van der Waals surface area contributed by atoms with E-state index in [1.165, 1.54) is 0 Å². The van der Waals surface area contributed by atoms with E-state index in [2.05, 4.69) is 20.2 Å². The lowest BCUT2D eigenvalue weighted by Crippen LogP contribution is -2.55. The largest absolute Gasteiger partial charge is 0.377 e. The van der Waals surface area contributed by atoms with Gasteiger partial charge in [-0.15, -0.1) is 0 Å². The number of H-pyrrole nitrogens is 1. The van der Waals surface area contributed by atoms with Crippen LogP contribution in [0.15, 0.2) is 6.20 Å². The molecule has 1 unspecified atom stereocenters. The van der Waals surface area contributed by atoms with E-state index in [1.54, 1.807) is 32.5 Å². The van der Waals surface area contributed by atoms with Crippen LogP contribution < -0.4 is 10.2 Å². The number of methoxy groups -OCH3 is 2. The molecule has 1 aliphatic heterocycles. The number of aromatic nitrogens is 2. The molecule has 1 amide bonds. The number of carbonyl (C=O) groups is 1. The smallest absolute Gasteiger partial charge is 0.269 e. The average Bonchev–Trinajstić information content (AvgIpc) is 3.29. The van der Waals surface area contributed by atoms with Crippen molar-refractivity contribution >= 4 is 45.6 Å². The molecule has 0 bridgehead atoms. The van der Waals surface area contributed by atoms with Gasteiger partial charge in [0, 0.05) is 39.2 Å². The van der Waals surface area contributed by atoms with Gasteiger partial charge in [0.25, 0.3) is 5.91 Å². The molecule has 2 atom stereocenters. The van der Waals surface area contributed by atoms with Gasteiger partial charge in [-0.2, -0.15) is 0 Å². The summed E-state index contributed by atoms with van der Waals surface area (Å²) in [6.07, 6.45) is 2.34. The van der Waals surface area contributed by atoms with Gasteiger partial charge in [-0.1, -0.05) is 34.5 Å². The van der Waals surface area contributed by atoms with Gasteiger partial charge in [-0.3, -0.25) is 4.79 Å². The van der Waals surface area contributed by atoms with Crippen LogP contribution >= 0.6 is 34.5 Å². The molecule has 3 heterocycles. The molecule has 0 aliphatic carbocycles. The molecule has 1 aliphatic rings. The highest BCUT2D eigenvalue weighted by atomic mass is 35.5. The number of aromatic amines is 1. The summed E-state index contributed by atoms with van der Waals surface area (Å²) >= 11 is 13.8. The second-order valence-corrected chi connectivity index (χ2v) is 8.56. The maximum atomic E-state index is 12.7. The van der Waals surface area contributed by atoms with E-state index in [9.17, 15) is 4.79 Å². The van der Waals surface area contributed by atoms with Gasteiger partial charge >= 0.3 is 0 Å². The number of carbonyl (C=O) groups excluding carboxylic acids is 1. The number of thiazole rings is 1. The first-order valence-corrected chi connectivity index (χ1v) is 10.6. The highest BCUT2D eigenvalue weighted by molar-refractivity contribution is 7.15. The predicted octanol–water partition coefficient (Wildman–Crippen LogP) is 3.23. The molecule has 0 spiro atoms. The van der Waals surface area contributed by atoms with Crippen LogP contribution in [-0.4, -0.2) is 62.1 Å². The lowest BCUT2D eigenvalue weighted by atomic mass is 10.0. The molecule has 0 aromatic carbocycles. The number of hydrogen-bond donors (Lipinski definition) is 2. The van der Waals surface area contributed by atoms with Gasteiger partial charge in [0.15, 0.2) is 5.13 Å². The lowest BCUT2D eigenvalue weighted by molar-refractivity contribution is -0.0382.